The summed E-state index contributed by atoms with van der Waals surface area (Å²) >= 11 is 0. The predicted molar refractivity (Wildman–Crippen MR) is 62.1 cm³/mol. The molecule has 0 saturated carbocycles. The molecule has 94 valence electrons. The summed E-state index contributed by atoms with van der Waals surface area (Å²) in [4.78, 5) is 13.8. The molecule has 0 aliphatic heterocycles. The molecule has 0 aliphatic rings. The van der Waals surface area contributed by atoms with Crippen molar-refractivity contribution in [2.75, 3.05) is 0 Å². The van der Waals surface area contributed by atoms with Gasteiger partial charge in [0, 0.05) is 6.20 Å². The van der Waals surface area contributed by atoms with Gasteiger partial charge in [-0.1, -0.05) is 0 Å². The molecule has 7 heteroatoms. The summed E-state index contributed by atoms with van der Waals surface area (Å²) in [5, 5.41) is 19.6. The number of nitro benzene ring substituents is 1. The van der Waals surface area contributed by atoms with Crippen molar-refractivity contribution in [3.63, 3.8) is 0 Å². The molecule has 0 radical (unpaired) electrons. The number of nitrogens with zero attached hydrogens (tertiary/aromatic N) is 3. The SMILES string of the molecule is N#Cc1ncccc1Oc1ccc(F)cc1[N+](=O)[O-]. The van der Waals surface area contributed by atoms with E-state index in [-0.39, 0.29) is 17.2 Å². The molecule has 0 N–H and O–H groups in total. The second-order valence-electron chi connectivity index (χ2n) is 3.43. The van der Waals surface area contributed by atoms with Gasteiger partial charge in [0.2, 0.25) is 5.75 Å². The highest BCUT2D eigenvalue weighted by Gasteiger charge is 2.18. The van der Waals surface area contributed by atoms with Crippen molar-refractivity contribution >= 4 is 5.69 Å². The molecular weight excluding hydrogens is 253 g/mol. The summed E-state index contributed by atoms with van der Waals surface area (Å²) in [6, 6.07) is 7.67. The largest absolute Gasteiger partial charge is 0.447 e. The second kappa shape index (κ2) is 5.10. The topological polar surface area (TPSA) is 89.0 Å². The first-order chi connectivity index (χ1) is 9.11. The molecule has 1 aromatic heterocycles. The number of pyridine rings is 1. The van der Waals surface area contributed by atoms with Gasteiger partial charge in [-0.05, 0) is 24.3 Å². The van der Waals surface area contributed by atoms with E-state index in [4.69, 9.17) is 10.00 Å². The number of nitriles is 1. The van der Waals surface area contributed by atoms with E-state index in [9.17, 15) is 14.5 Å². The first kappa shape index (κ1) is 12.4. The van der Waals surface area contributed by atoms with Gasteiger partial charge in [0.1, 0.15) is 11.9 Å². The van der Waals surface area contributed by atoms with Crippen LogP contribution in [0.25, 0.3) is 0 Å². The lowest BCUT2D eigenvalue weighted by Gasteiger charge is -2.06. The highest BCUT2D eigenvalue weighted by atomic mass is 19.1. The van der Waals surface area contributed by atoms with Gasteiger partial charge in [0.15, 0.2) is 11.4 Å². The van der Waals surface area contributed by atoms with Gasteiger partial charge in [0.05, 0.1) is 11.0 Å². The zero-order valence-electron chi connectivity index (χ0n) is 9.41. The van der Waals surface area contributed by atoms with E-state index in [1.807, 2.05) is 0 Å². The van der Waals surface area contributed by atoms with Gasteiger partial charge in [0.25, 0.3) is 0 Å². The fourth-order valence-electron chi connectivity index (χ4n) is 1.39. The maximum absolute atomic E-state index is 13.0. The van der Waals surface area contributed by atoms with Crippen LogP contribution < -0.4 is 4.74 Å². The average Bonchev–Trinajstić information content (AvgIpc) is 2.41. The van der Waals surface area contributed by atoms with Crippen LogP contribution in [-0.4, -0.2) is 9.91 Å². The van der Waals surface area contributed by atoms with Crippen LogP contribution in [0.5, 0.6) is 11.5 Å². The van der Waals surface area contributed by atoms with Crippen molar-refractivity contribution in [2.24, 2.45) is 0 Å². The van der Waals surface area contributed by atoms with Crippen LogP contribution in [-0.2, 0) is 0 Å². The second-order valence-corrected chi connectivity index (χ2v) is 3.43. The van der Waals surface area contributed by atoms with Crippen molar-refractivity contribution in [1.29, 1.82) is 5.26 Å². The van der Waals surface area contributed by atoms with Crippen LogP contribution in [0.2, 0.25) is 0 Å². The smallest absolute Gasteiger partial charge is 0.314 e. The van der Waals surface area contributed by atoms with Gasteiger partial charge in [-0.15, -0.1) is 0 Å². The number of benzene rings is 1. The Hall–Kier alpha value is -3.01. The number of rotatable bonds is 3. The summed E-state index contributed by atoms with van der Waals surface area (Å²) in [6.45, 7) is 0. The third kappa shape index (κ3) is 2.63. The minimum atomic E-state index is -0.763. The average molecular weight is 259 g/mol. The Kier molecular flexibility index (Phi) is 3.34. The molecule has 0 aliphatic carbocycles. The lowest BCUT2D eigenvalue weighted by molar-refractivity contribution is -0.385. The van der Waals surface area contributed by atoms with Gasteiger partial charge in [-0.25, -0.2) is 9.37 Å². The number of halogens is 1. The van der Waals surface area contributed by atoms with E-state index in [0.717, 1.165) is 18.2 Å². The highest BCUT2D eigenvalue weighted by Crippen LogP contribution is 2.32. The quantitative estimate of drug-likeness (QED) is 0.624. The molecule has 0 atom stereocenters. The van der Waals surface area contributed by atoms with E-state index in [2.05, 4.69) is 4.98 Å². The van der Waals surface area contributed by atoms with Gasteiger partial charge in [-0.2, -0.15) is 5.26 Å². The molecule has 0 spiro atoms. The van der Waals surface area contributed by atoms with Crippen LogP contribution in [0.4, 0.5) is 10.1 Å². The third-order valence-corrected chi connectivity index (χ3v) is 2.21. The van der Waals surface area contributed by atoms with E-state index < -0.39 is 16.4 Å². The zero-order chi connectivity index (χ0) is 13.8. The Morgan fingerprint density at radius 2 is 2.16 bits per heavy atom. The fraction of sp³-hybridized carbons (Fsp3) is 0. The van der Waals surface area contributed by atoms with Crippen LogP contribution >= 0.6 is 0 Å². The molecule has 0 bridgehead atoms. The molecule has 6 nitrogen and oxygen atoms in total. The summed E-state index contributed by atoms with van der Waals surface area (Å²) in [7, 11) is 0. The van der Waals surface area contributed by atoms with Crippen LogP contribution in [0.3, 0.4) is 0 Å². The van der Waals surface area contributed by atoms with Crippen molar-refractivity contribution in [3.05, 3.63) is 58.2 Å². The zero-order valence-corrected chi connectivity index (χ0v) is 9.41. The van der Waals surface area contributed by atoms with E-state index >= 15 is 0 Å². The van der Waals surface area contributed by atoms with Crippen molar-refractivity contribution < 1.29 is 14.1 Å². The summed E-state index contributed by atoms with van der Waals surface area (Å²) in [5.74, 6) is -0.832. The molecule has 0 unspecified atom stereocenters. The summed E-state index contributed by atoms with van der Waals surface area (Å²) < 4.78 is 18.2. The Morgan fingerprint density at radius 1 is 1.37 bits per heavy atom. The Morgan fingerprint density at radius 3 is 2.84 bits per heavy atom. The van der Waals surface area contributed by atoms with Crippen LogP contribution in [0.1, 0.15) is 5.69 Å². The predicted octanol–water partition coefficient (Wildman–Crippen LogP) is 2.79. The molecule has 0 amide bonds. The Balaban J connectivity index is 2.44. The molecule has 2 rings (SSSR count). The lowest BCUT2D eigenvalue weighted by atomic mass is 10.3. The number of hydrogen-bond acceptors (Lipinski definition) is 5. The first-order valence-corrected chi connectivity index (χ1v) is 5.08. The fourth-order valence-corrected chi connectivity index (χ4v) is 1.39. The van der Waals surface area contributed by atoms with E-state index in [1.54, 1.807) is 6.07 Å². The number of nitro groups is 1. The molecule has 0 saturated heterocycles. The van der Waals surface area contributed by atoms with Gasteiger partial charge < -0.3 is 4.74 Å². The van der Waals surface area contributed by atoms with Crippen molar-refractivity contribution in [2.45, 2.75) is 0 Å². The number of hydrogen-bond donors (Lipinski definition) is 0. The monoisotopic (exact) mass is 259 g/mol. The molecule has 2 aromatic rings. The van der Waals surface area contributed by atoms with Crippen molar-refractivity contribution in [3.8, 4) is 17.6 Å². The normalized spacial score (nSPS) is 9.68. The standard InChI is InChI=1S/C12H6FN3O3/c13-8-3-4-12(10(6-8)16(17)18)19-11-2-1-5-15-9(11)7-14/h1-6H. The molecule has 1 heterocycles. The Bertz CT molecular complexity index is 682. The lowest BCUT2D eigenvalue weighted by Crippen LogP contribution is -1.96. The Labute approximate surface area is 106 Å². The number of aromatic nitrogens is 1. The van der Waals surface area contributed by atoms with Gasteiger partial charge in [-0.3, -0.25) is 10.1 Å². The van der Waals surface area contributed by atoms with E-state index in [1.165, 1.54) is 18.3 Å². The van der Waals surface area contributed by atoms with Crippen molar-refractivity contribution in [1.82, 2.24) is 4.98 Å². The summed E-state index contributed by atoms with van der Waals surface area (Å²) in [5.41, 5.74) is -0.533. The highest BCUT2D eigenvalue weighted by molar-refractivity contribution is 5.50. The minimum absolute atomic E-state index is 0.0128. The maximum atomic E-state index is 13.0. The van der Waals surface area contributed by atoms with Crippen LogP contribution in [0, 0.1) is 27.3 Å². The van der Waals surface area contributed by atoms with Gasteiger partial charge >= 0.3 is 5.69 Å². The molecule has 19 heavy (non-hydrogen) atoms. The maximum Gasteiger partial charge on any atom is 0.314 e. The molecule has 1 aromatic carbocycles. The van der Waals surface area contributed by atoms with E-state index in [0.29, 0.717) is 0 Å². The third-order valence-electron chi connectivity index (χ3n) is 2.21. The molecule has 0 fully saturated rings. The first-order valence-electron chi connectivity index (χ1n) is 5.08. The molecular formula is C12H6FN3O3. The number of ether oxygens (including phenoxy) is 1. The van der Waals surface area contributed by atoms with Crippen LogP contribution in [0.15, 0.2) is 36.5 Å². The summed E-state index contributed by atoms with van der Waals surface area (Å²) in [6.07, 6.45) is 1.39. The minimum Gasteiger partial charge on any atom is -0.447 e.